The van der Waals surface area contributed by atoms with Gasteiger partial charge in [-0.25, -0.2) is 4.98 Å². The lowest BCUT2D eigenvalue weighted by Crippen LogP contribution is -2.12. The molecule has 0 spiro atoms. The van der Waals surface area contributed by atoms with Crippen molar-refractivity contribution in [1.82, 2.24) is 14.5 Å². The van der Waals surface area contributed by atoms with Crippen molar-refractivity contribution in [2.45, 2.75) is 26.8 Å². The smallest absolute Gasteiger partial charge is 0.202 e. The molecule has 0 aliphatic carbocycles. The minimum atomic E-state index is 0.621. The van der Waals surface area contributed by atoms with E-state index >= 15 is 0 Å². The SMILES string of the molecule is CC(C)Cn1ccnc1NCCc1ccccn1. The van der Waals surface area contributed by atoms with Crippen LogP contribution >= 0.6 is 0 Å². The van der Waals surface area contributed by atoms with Gasteiger partial charge in [0.1, 0.15) is 0 Å². The third kappa shape index (κ3) is 3.58. The maximum atomic E-state index is 4.33. The van der Waals surface area contributed by atoms with Crippen LogP contribution in [0.5, 0.6) is 0 Å². The van der Waals surface area contributed by atoms with Gasteiger partial charge in [-0.05, 0) is 18.1 Å². The molecule has 2 rings (SSSR count). The van der Waals surface area contributed by atoms with Gasteiger partial charge in [-0.1, -0.05) is 19.9 Å². The van der Waals surface area contributed by atoms with Gasteiger partial charge >= 0.3 is 0 Å². The van der Waals surface area contributed by atoms with Crippen molar-refractivity contribution in [2.24, 2.45) is 5.92 Å². The fraction of sp³-hybridized carbons (Fsp3) is 0.429. The van der Waals surface area contributed by atoms with Crippen LogP contribution in [0.15, 0.2) is 36.8 Å². The predicted octanol–water partition coefficient (Wildman–Crippen LogP) is 2.59. The highest BCUT2D eigenvalue weighted by Crippen LogP contribution is 2.08. The normalized spacial score (nSPS) is 10.8. The molecular weight excluding hydrogens is 224 g/mol. The second kappa shape index (κ2) is 6.19. The standard InChI is InChI=1S/C14H20N4/c1-12(2)11-18-10-9-17-14(18)16-8-6-13-5-3-4-7-15-13/h3-5,7,9-10,12H,6,8,11H2,1-2H3,(H,16,17). The number of aromatic nitrogens is 3. The lowest BCUT2D eigenvalue weighted by atomic mass is 10.2. The topological polar surface area (TPSA) is 42.7 Å². The first-order chi connectivity index (χ1) is 8.75. The lowest BCUT2D eigenvalue weighted by molar-refractivity contribution is 0.526. The molecule has 0 atom stereocenters. The number of imidazole rings is 1. The van der Waals surface area contributed by atoms with Crippen LogP contribution in [-0.2, 0) is 13.0 Å². The van der Waals surface area contributed by atoms with E-state index < -0.39 is 0 Å². The summed E-state index contributed by atoms with van der Waals surface area (Å²) in [4.78, 5) is 8.63. The van der Waals surface area contributed by atoms with Crippen LogP contribution in [0.4, 0.5) is 5.95 Å². The van der Waals surface area contributed by atoms with E-state index in [9.17, 15) is 0 Å². The van der Waals surface area contributed by atoms with E-state index in [-0.39, 0.29) is 0 Å². The molecule has 0 radical (unpaired) electrons. The Bertz CT molecular complexity index is 462. The molecule has 0 fully saturated rings. The molecule has 0 aliphatic heterocycles. The molecule has 0 bridgehead atoms. The summed E-state index contributed by atoms with van der Waals surface area (Å²) in [6.45, 7) is 6.26. The highest BCUT2D eigenvalue weighted by Gasteiger charge is 2.03. The summed E-state index contributed by atoms with van der Waals surface area (Å²) in [5.74, 6) is 1.56. The zero-order chi connectivity index (χ0) is 12.8. The molecule has 4 nitrogen and oxygen atoms in total. The Morgan fingerprint density at radius 1 is 1.22 bits per heavy atom. The zero-order valence-electron chi connectivity index (χ0n) is 11.0. The zero-order valence-corrected chi connectivity index (χ0v) is 11.0. The van der Waals surface area contributed by atoms with Gasteiger partial charge in [-0.2, -0.15) is 0 Å². The van der Waals surface area contributed by atoms with E-state index in [2.05, 4.69) is 33.7 Å². The van der Waals surface area contributed by atoms with E-state index in [4.69, 9.17) is 0 Å². The first-order valence-corrected chi connectivity index (χ1v) is 6.40. The summed E-state index contributed by atoms with van der Waals surface area (Å²) in [5.41, 5.74) is 1.10. The van der Waals surface area contributed by atoms with Crippen LogP contribution in [0.1, 0.15) is 19.5 Å². The maximum Gasteiger partial charge on any atom is 0.202 e. The molecule has 0 aliphatic rings. The molecule has 0 saturated heterocycles. The van der Waals surface area contributed by atoms with Crippen molar-refractivity contribution in [3.05, 3.63) is 42.5 Å². The number of nitrogens with zero attached hydrogens (tertiary/aromatic N) is 3. The van der Waals surface area contributed by atoms with Gasteiger partial charge in [0, 0.05) is 43.8 Å². The number of rotatable bonds is 6. The molecule has 2 heterocycles. The number of hydrogen-bond acceptors (Lipinski definition) is 3. The first kappa shape index (κ1) is 12.6. The number of anilines is 1. The monoisotopic (exact) mass is 244 g/mol. The molecule has 4 heteroatoms. The molecule has 96 valence electrons. The van der Waals surface area contributed by atoms with Crippen molar-refractivity contribution >= 4 is 5.95 Å². The van der Waals surface area contributed by atoms with Gasteiger partial charge < -0.3 is 9.88 Å². The summed E-state index contributed by atoms with van der Waals surface area (Å²) in [6, 6.07) is 6.00. The fourth-order valence-electron chi connectivity index (χ4n) is 1.87. The van der Waals surface area contributed by atoms with Crippen LogP contribution in [-0.4, -0.2) is 21.1 Å². The van der Waals surface area contributed by atoms with Crippen molar-refractivity contribution < 1.29 is 0 Å². The maximum absolute atomic E-state index is 4.33. The third-order valence-electron chi connectivity index (χ3n) is 2.67. The minimum absolute atomic E-state index is 0.621. The Balaban J connectivity index is 1.85. The van der Waals surface area contributed by atoms with Crippen LogP contribution in [0.2, 0.25) is 0 Å². The van der Waals surface area contributed by atoms with Crippen molar-refractivity contribution in [1.29, 1.82) is 0 Å². The van der Waals surface area contributed by atoms with E-state index in [0.717, 1.165) is 31.2 Å². The minimum Gasteiger partial charge on any atom is -0.355 e. The average Bonchev–Trinajstić information content (AvgIpc) is 2.77. The second-order valence-electron chi connectivity index (χ2n) is 4.79. The van der Waals surface area contributed by atoms with Crippen molar-refractivity contribution in [2.75, 3.05) is 11.9 Å². The third-order valence-corrected chi connectivity index (χ3v) is 2.67. The fourth-order valence-corrected chi connectivity index (χ4v) is 1.87. The molecular formula is C14H20N4. The van der Waals surface area contributed by atoms with Crippen molar-refractivity contribution in [3.8, 4) is 0 Å². The molecule has 2 aromatic heterocycles. The van der Waals surface area contributed by atoms with Crippen LogP contribution < -0.4 is 5.32 Å². The summed E-state index contributed by atoms with van der Waals surface area (Å²) < 4.78 is 2.16. The van der Waals surface area contributed by atoms with E-state index in [0.29, 0.717) is 5.92 Å². The molecule has 0 amide bonds. The van der Waals surface area contributed by atoms with Gasteiger partial charge in [-0.3, -0.25) is 4.98 Å². The van der Waals surface area contributed by atoms with E-state index in [1.807, 2.05) is 36.8 Å². The molecule has 1 N–H and O–H groups in total. The average molecular weight is 244 g/mol. The highest BCUT2D eigenvalue weighted by molar-refractivity contribution is 5.26. The Labute approximate surface area is 108 Å². The van der Waals surface area contributed by atoms with Gasteiger partial charge in [0.2, 0.25) is 5.95 Å². The van der Waals surface area contributed by atoms with Gasteiger partial charge in [0.05, 0.1) is 0 Å². The summed E-state index contributed by atoms with van der Waals surface area (Å²) in [6.07, 6.45) is 6.60. The Morgan fingerprint density at radius 3 is 2.83 bits per heavy atom. The van der Waals surface area contributed by atoms with Crippen molar-refractivity contribution in [3.63, 3.8) is 0 Å². The van der Waals surface area contributed by atoms with Crippen LogP contribution in [0.3, 0.4) is 0 Å². The number of hydrogen-bond donors (Lipinski definition) is 1. The molecule has 0 unspecified atom stereocenters. The molecule has 0 aromatic carbocycles. The molecule has 18 heavy (non-hydrogen) atoms. The van der Waals surface area contributed by atoms with E-state index in [1.165, 1.54) is 0 Å². The lowest BCUT2D eigenvalue weighted by Gasteiger charge is -2.11. The molecule has 0 saturated carbocycles. The van der Waals surface area contributed by atoms with Gasteiger partial charge in [0.15, 0.2) is 0 Å². The van der Waals surface area contributed by atoms with Crippen LogP contribution in [0, 0.1) is 5.92 Å². The predicted molar refractivity (Wildman–Crippen MR) is 73.5 cm³/mol. The molecule has 2 aromatic rings. The summed E-state index contributed by atoms with van der Waals surface area (Å²) in [5, 5.41) is 3.36. The largest absolute Gasteiger partial charge is 0.355 e. The summed E-state index contributed by atoms with van der Waals surface area (Å²) >= 11 is 0. The first-order valence-electron chi connectivity index (χ1n) is 6.40. The number of pyridine rings is 1. The number of nitrogens with one attached hydrogen (secondary N) is 1. The highest BCUT2D eigenvalue weighted by atomic mass is 15.2. The van der Waals surface area contributed by atoms with Crippen LogP contribution in [0.25, 0.3) is 0 Å². The second-order valence-corrected chi connectivity index (χ2v) is 4.79. The Kier molecular flexibility index (Phi) is 4.34. The van der Waals surface area contributed by atoms with Gasteiger partial charge in [-0.15, -0.1) is 0 Å². The Hall–Kier alpha value is -1.84. The van der Waals surface area contributed by atoms with E-state index in [1.54, 1.807) is 0 Å². The Morgan fingerprint density at radius 2 is 2.11 bits per heavy atom. The van der Waals surface area contributed by atoms with Gasteiger partial charge in [0.25, 0.3) is 0 Å². The summed E-state index contributed by atoms with van der Waals surface area (Å²) in [7, 11) is 0. The quantitative estimate of drug-likeness (QED) is 0.849.